The third-order valence-electron chi connectivity index (χ3n) is 5.34. The number of fused-ring (bicyclic) bond motifs is 1. The highest BCUT2D eigenvalue weighted by molar-refractivity contribution is 8.00. The molecule has 3 aromatic rings. The number of sulfonamides is 1. The molecule has 1 heterocycles. The standard InChI is InChI=1S/C24H29N3O4S2/c1-6-27(7-2)33(29,30)19-13-11-18(12-14-19)25-24(28)17(4)32-22-15-16(3)20-9-8-10-21(31-5)23(20)26-22/h8-15,17H,6-7H2,1-5H3,(H,25,28). The molecule has 0 saturated heterocycles. The number of carbonyl (C=O) groups excluding carboxylic acids is 1. The Labute approximate surface area is 199 Å². The fraction of sp³-hybridized carbons (Fsp3) is 0.333. The van der Waals surface area contributed by atoms with Crippen LogP contribution in [0.5, 0.6) is 5.75 Å². The Balaban J connectivity index is 1.72. The number of rotatable bonds is 9. The van der Waals surface area contributed by atoms with E-state index < -0.39 is 15.3 Å². The first-order valence-corrected chi connectivity index (χ1v) is 13.0. The predicted molar refractivity (Wildman–Crippen MR) is 134 cm³/mol. The molecule has 2 aromatic carbocycles. The molecule has 1 aromatic heterocycles. The SMILES string of the molecule is CCN(CC)S(=O)(=O)c1ccc(NC(=O)C(C)Sc2cc(C)c3cccc(OC)c3n2)cc1. The van der Waals surface area contributed by atoms with Crippen molar-refractivity contribution in [1.29, 1.82) is 0 Å². The van der Waals surface area contributed by atoms with Crippen molar-refractivity contribution in [3.63, 3.8) is 0 Å². The third-order valence-corrected chi connectivity index (χ3v) is 8.42. The Hall–Kier alpha value is -2.62. The number of hydrogen-bond acceptors (Lipinski definition) is 6. The number of hydrogen-bond donors (Lipinski definition) is 1. The molecular formula is C24H29N3O4S2. The number of nitrogens with one attached hydrogen (secondary N) is 1. The minimum atomic E-state index is -3.53. The van der Waals surface area contributed by atoms with Gasteiger partial charge in [0.15, 0.2) is 0 Å². The Kier molecular flexibility index (Phi) is 7.99. The number of anilines is 1. The van der Waals surface area contributed by atoms with Gasteiger partial charge in [-0.1, -0.05) is 37.7 Å². The summed E-state index contributed by atoms with van der Waals surface area (Å²) in [5.41, 5.74) is 2.36. The number of thioether (sulfide) groups is 1. The van der Waals surface area contributed by atoms with Crippen molar-refractivity contribution in [2.24, 2.45) is 0 Å². The molecule has 0 radical (unpaired) electrons. The van der Waals surface area contributed by atoms with Gasteiger partial charge in [0.05, 0.1) is 22.3 Å². The number of methoxy groups -OCH3 is 1. The van der Waals surface area contributed by atoms with E-state index in [0.717, 1.165) is 21.5 Å². The van der Waals surface area contributed by atoms with Crippen molar-refractivity contribution < 1.29 is 17.9 Å². The van der Waals surface area contributed by atoms with E-state index in [2.05, 4.69) is 5.32 Å². The van der Waals surface area contributed by atoms with Crippen LogP contribution < -0.4 is 10.1 Å². The molecule has 0 saturated carbocycles. The van der Waals surface area contributed by atoms with Gasteiger partial charge in [-0.2, -0.15) is 4.31 Å². The van der Waals surface area contributed by atoms with E-state index in [9.17, 15) is 13.2 Å². The lowest BCUT2D eigenvalue weighted by Gasteiger charge is -2.18. The smallest absolute Gasteiger partial charge is 0.243 e. The average Bonchev–Trinajstić information content (AvgIpc) is 2.79. The molecule has 0 bridgehead atoms. The van der Waals surface area contributed by atoms with Crippen LogP contribution >= 0.6 is 11.8 Å². The van der Waals surface area contributed by atoms with E-state index >= 15 is 0 Å². The summed E-state index contributed by atoms with van der Waals surface area (Å²) >= 11 is 1.36. The number of pyridine rings is 1. The molecule has 9 heteroatoms. The Morgan fingerprint density at radius 1 is 1.15 bits per heavy atom. The number of amides is 1. The number of benzene rings is 2. The van der Waals surface area contributed by atoms with Crippen LogP contribution in [0.2, 0.25) is 0 Å². The molecule has 1 unspecified atom stereocenters. The first-order valence-electron chi connectivity index (χ1n) is 10.7. The monoisotopic (exact) mass is 487 g/mol. The van der Waals surface area contributed by atoms with Crippen molar-refractivity contribution >= 4 is 44.3 Å². The Morgan fingerprint density at radius 3 is 2.42 bits per heavy atom. The molecule has 7 nitrogen and oxygen atoms in total. The first-order chi connectivity index (χ1) is 15.7. The van der Waals surface area contributed by atoms with E-state index in [4.69, 9.17) is 9.72 Å². The molecule has 0 aliphatic carbocycles. The van der Waals surface area contributed by atoms with Gasteiger partial charge in [-0.3, -0.25) is 4.79 Å². The quantitative estimate of drug-likeness (QED) is 0.440. The third kappa shape index (κ3) is 5.48. The van der Waals surface area contributed by atoms with Gasteiger partial charge in [-0.05, 0) is 55.8 Å². The van der Waals surface area contributed by atoms with Crippen LogP contribution in [0.4, 0.5) is 5.69 Å². The summed E-state index contributed by atoms with van der Waals surface area (Å²) < 4.78 is 32.1. The van der Waals surface area contributed by atoms with E-state index in [0.29, 0.717) is 24.5 Å². The van der Waals surface area contributed by atoms with Crippen molar-refractivity contribution in [2.45, 2.75) is 42.9 Å². The van der Waals surface area contributed by atoms with Gasteiger partial charge in [0.2, 0.25) is 15.9 Å². The Bertz CT molecular complexity index is 1240. The van der Waals surface area contributed by atoms with Gasteiger partial charge < -0.3 is 10.1 Å². The lowest BCUT2D eigenvalue weighted by molar-refractivity contribution is -0.115. The molecule has 1 amide bonds. The number of carbonyl (C=O) groups is 1. The zero-order valence-corrected chi connectivity index (χ0v) is 21.1. The fourth-order valence-electron chi connectivity index (χ4n) is 3.49. The summed E-state index contributed by atoms with van der Waals surface area (Å²) in [5, 5.41) is 4.18. The van der Waals surface area contributed by atoms with Crippen molar-refractivity contribution in [2.75, 3.05) is 25.5 Å². The summed E-state index contributed by atoms with van der Waals surface area (Å²) in [4.78, 5) is 17.7. The number of aryl methyl sites for hydroxylation is 1. The molecule has 1 atom stereocenters. The summed E-state index contributed by atoms with van der Waals surface area (Å²) in [7, 11) is -1.92. The predicted octanol–water partition coefficient (Wildman–Crippen LogP) is 4.70. The van der Waals surface area contributed by atoms with Crippen molar-refractivity contribution in [3.8, 4) is 5.75 Å². The lowest BCUT2D eigenvalue weighted by Crippen LogP contribution is -2.30. The summed E-state index contributed by atoms with van der Waals surface area (Å²) in [6, 6.07) is 14.0. The minimum Gasteiger partial charge on any atom is -0.494 e. The highest BCUT2D eigenvalue weighted by atomic mass is 32.2. The zero-order valence-electron chi connectivity index (χ0n) is 19.5. The molecule has 0 spiro atoms. The van der Waals surface area contributed by atoms with Crippen LogP contribution in [0.15, 0.2) is 58.5 Å². The molecule has 0 fully saturated rings. The maximum atomic E-state index is 12.8. The first kappa shape index (κ1) is 25.0. The van der Waals surface area contributed by atoms with Gasteiger partial charge >= 0.3 is 0 Å². The second-order valence-electron chi connectivity index (χ2n) is 7.50. The van der Waals surface area contributed by atoms with Gasteiger partial charge in [0.1, 0.15) is 11.3 Å². The van der Waals surface area contributed by atoms with E-state index in [1.807, 2.05) is 38.1 Å². The highest BCUT2D eigenvalue weighted by Crippen LogP contribution is 2.31. The molecule has 3 rings (SSSR count). The number of ether oxygens (including phenoxy) is 1. The topological polar surface area (TPSA) is 88.6 Å². The van der Waals surface area contributed by atoms with E-state index in [1.165, 1.54) is 28.2 Å². The summed E-state index contributed by atoms with van der Waals surface area (Å²) in [6.45, 7) is 8.22. The lowest BCUT2D eigenvalue weighted by atomic mass is 10.1. The normalized spacial score (nSPS) is 12.7. The molecule has 0 aliphatic heterocycles. The second kappa shape index (κ2) is 10.5. The van der Waals surface area contributed by atoms with Crippen LogP contribution in [0.1, 0.15) is 26.3 Å². The second-order valence-corrected chi connectivity index (χ2v) is 10.8. The van der Waals surface area contributed by atoms with Crippen LogP contribution in [0.25, 0.3) is 10.9 Å². The van der Waals surface area contributed by atoms with E-state index in [1.54, 1.807) is 33.1 Å². The van der Waals surface area contributed by atoms with Crippen LogP contribution in [0.3, 0.4) is 0 Å². The zero-order chi connectivity index (χ0) is 24.2. The highest BCUT2D eigenvalue weighted by Gasteiger charge is 2.22. The average molecular weight is 488 g/mol. The molecule has 0 aliphatic rings. The van der Waals surface area contributed by atoms with Crippen LogP contribution in [-0.2, 0) is 14.8 Å². The van der Waals surface area contributed by atoms with E-state index in [-0.39, 0.29) is 10.8 Å². The molecule has 176 valence electrons. The summed E-state index contributed by atoms with van der Waals surface area (Å²) in [5.74, 6) is 0.494. The maximum absolute atomic E-state index is 12.8. The van der Waals surface area contributed by atoms with Gasteiger partial charge in [0, 0.05) is 24.2 Å². The van der Waals surface area contributed by atoms with Gasteiger partial charge in [-0.25, -0.2) is 13.4 Å². The van der Waals surface area contributed by atoms with Gasteiger partial charge in [-0.15, -0.1) is 0 Å². The number of aromatic nitrogens is 1. The largest absolute Gasteiger partial charge is 0.494 e. The maximum Gasteiger partial charge on any atom is 0.243 e. The van der Waals surface area contributed by atoms with Crippen LogP contribution in [-0.4, -0.2) is 49.1 Å². The summed E-state index contributed by atoms with van der Waals surface area (Å²) in [6.07, 6.45) is 0. The number of nitrogens with zero attached hydrogens (tertiary/aromatic N) is 2. The Morgan fingerprint density at radius 2 is 1.82 bits per heavy atom. The minimum absolute atomic E-state index is 0.195. The fourth-order valence-corrected chi connectivity index (χ4v) is 5.86. The molecular weight excluding hydrogens is 458 g/mol. The van der Waals surface area contributed by atoms with Crippen molar-refractivity contribution in [1.82, 2.24) is 9.29 Å². The molecule has 33 heavy (non-hydrogen) atoms. The van der Waals surface area contributed by atoms with Gasteiger partial charge in [0.25, 0.3) is 0 Å². The number of para-hydroxylation sites is 1. The van der Waals surface area contributed by atoms with Crippen LogP contribution in [0, 0.1) is 6.92 Å². The van der Waals surface area contributed by atoms with Crippen molar-refractivity contribution in [3.05, 3.63) is 54.1 Å². The molecule has 1 N–H and O–H groups in total.